The molecule has 0 aliphatic carbocycles. The zero-order chi connectivity index (χ0) is 19.2. The van der Waals surface area contributed by atoms with Gasteiger partial charge >= 0.3 is 0 Å². The summed E-state index contributed by atoms with van der Waals surface area (Å²) in [5, 5.41) is 1.79. The molecule has 1 saturated heterocycles. The number of nitrogens with zero attached hydrogens (tertiary/aromatic N) is 1. The van der Waals surface area contributed by atoms with Crippen LogP contribution in [0.1, 0.15) is 25.3 Å². The molecule has 0 radical (unpaired) electrons. The van der Waals surface area contributed by atoms with Crippen molar-refractivity contribution < 1.29 is 19.1 Å². The predicted molar refractivity (Wildman–Crippen MR) is 109 cm³/mol. The lowest BCUT2D eigenvalue weighted by Crippen LogP contribution is -2.31. The highest BCUT2D eigenvalue weighted by molar-refractivity contribution is 8.18. The Morgan fingerprint density at radius 1 is 1.11 bits per heavy atom. The van der Waals surface area contributed by atoms with Crippen molar-refractivity contribution >= 4 is 39.8 Å². The van der Waals surface area contributed by atoms with Crippen LogP contribution in [0.3, 0.4) is 0 Å². The van der Waals surface area contributed by atoms with Crippen molar-refractivity contribution in [3.63, 3.8) is 0 Å². The fourth-order valence-corrected chi connectivity index (χ4v) is 3.73. The zero-order valence-electron chi connectivity index (χ0n) is 15.6. The van der Waals surface area contributed by atoms with Crippen LogP contribution in [0.2, 0.25) is 0 Å². The first-order valence-electron chi connectivity index (χ1n) is 9.04. The molecular weight excluding hydrogens is 362 g/mol. The number of thioether (sulfide) groups is 1. The first-order valence-corrected chi connectivity index (χ1v) is 9.86. The second kappa shape index (κ2) is 9.06. The van der Waals surface area contributed by atoms with Gasteiger partial charge in [-0.3, -0.25) is 14.5 Å². The molecule has 0 bridgehead atoms. The number of methoxy groups -OCH3 is 1. The number of carbonyl (C=O) groups is 2. The molecule has 2 amide bonds. The van der Waals surface area contributed by atoms with Crippen LogP contribution in [0.4, 0.5) is 4.79 Å². The lowest BCUT2D eigenvalue weighted by atomic mass is 10.0. The summed E-state index contributed by atoms with van der Waals surface area (Å²) < 4.78 is 11.0. The van der Waals surface area contributed by atoms with Crippen LogP contribution in [-0.2, 0) is 9.53 Å². The van der Waals surface area contributed by atoms with Crippen molar-refractivity contribution in [2.24, 2.45) is 0 Å². The number of imide groups is 1. The number of benzene rings is 2. The topological polar surface area (TPSA) is 55.8 Å². The van der Waals surface area contributed by atoms with Crippen LogP contribution in [0.15, 0.2) is 41.3 Å². The minimum atomic E-state index is -0.283. The lowest BCUT2D eigenvalue weighted by Gasteiger charge is -2.13. The lowest BCUT2D eigenvalue weighted by molar-refractivity contribution is -0.123. The normalized spacial score (nSPS) is 15.9. The SMILES string of the molecule is CCCCOc1ccc2ccccc2c1/C=C1\SC(=O)N(CCOC)C1=O. The second-order valence-corrected chi connectivity index (χ2v) is 7.22. The maximum absolute atomic E-state index is 12.7. The van der Waals surface area contributed by atoms with Crippen LogP contribution in [0, 0.1) is 0 Å². The van der Waals surface area contributed by atoms with E-state index in [-0.39, 0.29) is 17.7 Å². The molecule has 0 saturated carbocycles. The summed E-state index contributed by atoms with van der Waals surface area (Å²) in [5.74, 6) is 0.445. The first-order chi connectivity index (χ1) is 13.2. The van der Waals surface area contributed by atoms with Crippen molar-refractivity contribution in [3.8, 4) is 5.75 Å². The number of amides is 2. The zero-order valence-corrected chi connectivity index (χ0v) is 16.4. The number of hydrogen-bond acceptors (Lipinski definition) is 5. The van der Waals surface area contributed by atoms with E-state index >= 15 is 0 Å². The number of unbranched alkanes of at least 4 members (excludes halogenated alkanes) is 1. The fourth-order valence-electron chi connectivity index (χ4n) is 2.88. The molecule has 2 aromatic rings. The van der Waals surface area contributed by atoms with Gasteiger partial charge in [0.05, 0.1) is 24.7 Å². The molecule has 142 valence electrons. The minimum Gasteiger partial charge on any atom is -0.493 e. The molecule has 1 aliphatic rings. The first kappa shape index (κ1) is 19.5. The standard InChI is InChI=1S/C21H23NO4S/c1-3-4-12-26-18-10-9-15-7-5-6-8-16(15)17(18)14-19-20(23)22(11-13-25-2)21(24)27-19/h5-10,14H,3-4,11-13H2,1-2H3/b19-14-. The highest BCUT2D eigenvalue weighted by atomic mass is 32.2. The Labute approximate surface area is 163 Å². The van der Waals surface area contributed by atoms with E-state index in [0.29, 0.717) is 18.1 Å². The van der Waals surface area contributed by atoms with Gasteiger partial charge in [-0.25, -0.2) is 0 Å². The van der Waals surface area contributed by atoms with Crippen molar-refractivity contribution in [2.45, 2.75) is 19.8 Å². The summed E-state index contributed by atoms with van der Waals surface area (Å²) >= 11 is 0.960. The summed E-state index contributed by atoms with van der Waals surface area (Å²) in [4.78, 5) is 26.5. The molecular formula is C21H23NO4S. The van der Waals surface area contributed by atoms with Gasteiger partial charge in [0.15, 0.2) is 0 Å². The van der Waals surface area contributed by atoms with Crippen molar-refractivity contribution in [1.29, 1.82) is 0 Å². The number of ether oxygens (including phenoxy) is 2. The van der Waals surface area contributed by atoms with Gasteiger partial charge in [-0.05, 0) is 41.1 Å². The minimum absolute atomic E-state index is 0.258. The molecule has 2 aromatic carbocycles. The van der Waals surface area contributed by atoms with E-state index in [4.69, 9.17) is 9.47 Å². The Morgan fingerprint density at radius 3 is 2.70 bits per heavy atom. The Balaban J connectivity index is 1.99. The highest BCUT2D eigenvalue weighted by Gasteiger charge is 2.34. The molecule has 1 heterocycles. The largest absolute Gasteiger partial charge is 0.493 e. The maximum Gasteiger partial charge on any atom is 0.293 e. The van der Waals surface area contributed by atoms with Gasteiger partial charge in [-0.15, -0.1) is 0 Å². The molecule has 27 heavy (non-hydrogen) atoms. The third-order valence-corrected chi connectivity index (χ3v) is 5.26. The van der Waals surface area contributed by atoms with E-state index < -0.39 is 0 Å². The van der Waals surface area contributed by atoms with Gasteiger partial charge in [0.1, 0.15) is 5.75 Å². The van der Waals surface area contributed by atoms with Gasteiger partial charge in [0, 0.05) is 12.7 Å². The third-order valence-electron chi connectivity index (χ3n) is 4.35. The number of carbonyl (C=O) groups excluding carboxylic acids is 2. The molecule has 0 aromatic heterocycles. The molecule has 1 fully saturated rings. The Hall–Kier alpha value is -2.31. The number of fused-ring (bicyclic) bond motifs is 1. The Morgan fingerprint density at radius 2 is 1.93 bits per heavy atom. The van der Waals surface area contributed by atoms with Crippen LogP contribution >= 0.6 is 11.8 Å². The summed E-state index contributed by atoms with van der Waals surface area (Å²) in [7, 11) is 1.55. The van der Waals surface area contributed by atoms with Crippen LogP contribution in [0.25, 0.3) is 16.8 Å². The van der Waals surface area contributed by atoms with E-state index in [0.717, 1.165) is 46.7 Å². The quantitative estimate of drug-likeness (QED) is 0.487. The summed E-state index contributed by atoms with van der Waals surface area (Å²) in [6.07, 6.45) is 3.78. The van der Waals surface area contributed by atoms with Crippen LogP contribution in [0.5, 0.6) is 5.75 Å². The van der Waals surface area contributed by atoms with E-state index in [1.54, 1.807) is 13.2 Å². The molecule has 0 N–H and O–H groups in total. The maximum atomic E-state index is 12.7. The van der Waals surface area contributed by atoms with Crippen LogP contribution in [-0.4, -0.2) is 42.9 Å². The van der Waals surface area contributed by atoms with E-state index in [1.807, 2.05) is 36.4 Å². The third kappa shape index (κ3) is 4.34. The van der Waals surface area contributed by atoms with Crippen LogP contribution < -0.4 is 4.74 Å². The molecule has 0 atom stereocenters. The summed E-state index contributed by atoms with van der Waals surface area (Å²) in [6, 6.07) is 11.9. The van der Waals surface area contributed by atoms with Gasteiger partial charge in [-0.1, -0.05) is 43.7 Å². The molecule has 3 rings (SSSR count). The van der Waals surface area contributed by atoms with Gasteiger partial charge in [-0.2, -0.15) is 0 Å². The predicted octanol–water partition coefficient (Wildman–Crippen LogP) is 4.70. The number of hydrogen-bond donors (Lipinski definition) is 0. The van der Waals surface area contributed by atoms with Crippen molar-refractivity contribution in [1.82, 2.24) is 4.90 Å². The monoisotopic (exact) mass is 385 g/mol. The average Bonchev–Trinajstić information content (AvgIpc) is 2.94. The summed E-state index contributed by atoms with van der Waals surface area (Å²) in [5.41, 5.74) is 0.835. The Bertz CT molecular complexity index is 878. The van der Waals surface area contributed by atoms with E-state index in [2.05, 4.69) is 6.92 Å². The van der Waals surface area contributed by atoms with E-state index in [1.165, 1.54) is 4.90 Å². The second-order valence-electron chi connectivity index (χ2n) is 6.23. The number of rotatable bonds is 8. The molecule has 5 nitrogen and oxygen atoms in total. The van der Waals surface area contributed by atoms with Gasteiger partial charge in [0.25, 0.3) is 11.1 Å². The fraction of sp³-hybridized carbons (Fsp3) is 0.333. The smallest absolute Gasteiger partial charge is 0.293 e. The molecule has 0 unspecified atom stereocenters. The Kier molecular flexibility index (Phi) is 6.53. The highest BCUT2D eigenvalue weighted by Crippen LogP contribution is 2.36. The summed E-state index contributed by atoms with van der Waals surface area (Å²) in [6.45, 7) is 3.31. The van der Waals surface area contributed by atoms with Crippen molar-refractivity contribution in [3.05, 3.63) is 46.9 Å². The molecule has 0 spiro atoms. The average molecular weight is 385 g/mol. The van der Waals surface area contributed by atoms with Gasteiger partial charge in [0.2, 0.25) is 0 Å². The van der Waals surface area contributed by atoms with Crippen molar-refractivity contribution in [2.75, 3.05) is 26.9 Å². The van der Waals surface area contributed by atoms with E-state index in [9.17, 15) is 9.59 Å². The van der Waals surface area contributed by atoms with Gasteiger partial charge < -0.3 is 9.47 Å². The molecule has 1 aliphatic heterocycles. The molecule has 6 heteroatoms.